The van der Waals surface area contributed by atoms with E-state index in [1.165, 1.54) is 0 Å². The Morgan fingerprint density at radius 1 is 1.53 bits per heavy atom. The molecule has 0 rings (SSSR count). The van der Waals surface area contributed by atoms with Gasteiger partial charge < -0.3 is 15.2 Å². The Morgan fingerprint density at radius 2 is 2.07 bits per heavy atom. The summed E-state index contributed by atoms with van der Waals surface area (Å²) in [7, 11) is 0. The summed E-state index contributed by atoms with van der Waals surface area (Å²) in [6.45, 7) is 4.03. The number of aliphatic carboxylic acids is 1. The zero-order valence-corrected chi connectivity index (χ0v) is 8.71. The second-order valence-electron chi connectivity index (χ2n) is 2.60. The normalized spacial score (nSPS) is 11.3. The molecule has 15 heavy (non-hydrogen) atoms. The number of carboxylic acids is 1. The number of ether oxygens (including phenoxy) is 1. The maximum absolute atomic E-state index is 11.1. The molecule has 2 N–H and O–H groups in total. The lowest BCUT2D eigenvalue weighted by molar-refractivity contribution is -0.156. The van der Waals surface area contributed by atoms with Crippen LogP contribution >= 0.6 is 11.6 Å². The lowest BCUT2D eigenvalue weighted by Gasteiger charge is -2.11. The Morgan fingerprint density at radius 3 is 2.40 bits per heavy atom. The second-order valence-corrected chi connectivity index (χ2v) is 3.13. The van der Waals surface area contributed by atoms with Crippen molar-refractivity contribution >= 4 is 29.4 Å². The van der Waals surface area contributed by atoms with E-state index in [0.717, 1.165) is 6.92 Å². The van der Waals surface area contributed by atoms with Gasteiger partial charge in [0.25, 0.3) is 0 Å². The SMILES string of the molecule is C=C(Cl)COC(=O)C(NC(C)=O)C(=O)O. The summed E-state index contributed by atoms with van der Waals surface area (Å²) in [5, 5.41) is 10.6. The minimum Gasteiger partial charge on any atom is -0.479 e. The Bertz CT molecular complexity index is 301. The molecule has 0 aromatic carbocycles. The largest absolute Gasteiger partial charge is 0.479 e. The van der Waals surface area contributed by atoms with Gasteiger partial charge in [-0.1, -0.05) is 18.2 Å². The highest BCUT2D eigenvalue weighted by molar-refractivity contribution is 6.29. The molecule has 0 spiro atoms. The van der Waals surface area contributed by atoms with Crippen molar-refractivity contribution in [1.29, 1.82) is 0 Å². The number of hydrogen-bond donors (Lipinski definition) is 2. The number of nitrogens with one attached hydrogen (secondary N) is 1. The molecule has 1 atom stereocenters. The van der Waals surface area contributed by atoms with Gasteiger partial charge in [-0.2, -0.15) is 0 Å². The van der Waals surface area contributed by atoms with Crippen molar-refractivity contribution in [3.63, 3.8) is 0 Å². The molecule has 0 saturated heterocycles. The van der Waals surface area contributed by atoms with Crippen LogP contribution in [0.15, 0.2) is 11.6 Å². The first-order valence-corrected chi connectivity index (χ1v) is 4.22. The van der Waals surface area contributed by atoms with Gasteiger partial charge in [0.15, 0.2) is 0 Å². The van der Waals surface area contributed by atoms with Gasteiger partial charge in [0.05, 0.1) is 0 Å². The molecule has 1 unspecified atom stereocenters. The number of halogens is 1. The number of esters is 1. The van der Waals surface area contributed by atoms with E-state index in [9.17, 15) is 14.4 Å². The van der Waals surface area contributed by atoms with E-state index in [1.54, 1.807) is 0 Å². The molecule has 0 aromatic rings. The number of rotatable bonds is 5. The molecule has 0 aliphatic heterocycles. The quantitative estimate of drug-likeness (QED) is 0.512. The van der Waals surface area contributed by atoms with Crippen LogP contribution in [0.2, 0.25) is 0 Å². The highest BCUT2D eigenvalue weighted by atomic mass is 35.5. The first kappa shape index (κ1) is 13.4. The van der Waals surface area contributed by atoms with Gasteiger partial charge in [-0.05, 0) is 0 Å². The Kier molecular flexibility index (Phi) is 5.40. The van der Waals surface area contributed by atoms with E-state index in [0.29, 0.717) is 0 Å². The van der Waals surface area contributed by atoms with Crippen molar-refractivity contribution in [2.75, 3.05) is 6.61 Å². The molecule has 0 heterocycles. The molecule has 0 saturated carbocycles. The first-order valence-electron chi connectivity index (χ1n) is 3.84. The fourth-order valence-corrected chi connectivity index (χ4v) is 0.712. The van der Waals surface area contributed by atoms with Crippen molar-refractivity contribution in [1.82, 2.24) is 5.32 Å². The fourth-order valence-electron chi connectivity index (χ4n) is 0.658. The summed E-state index contributed by atoms with van der Waals surface area (Å²) in [6.07, 6.45) is 0. The zero-order chi connectivity index (χ0) is 12.0. The van der Waals surface area contributed by atoms with Gasteiger partial charge in [0.1, 0.15) is 6.61 Å². The van der Waals surface area contributed by atoms with Crippen LogP contribution in [-0.2, 0) is 19.1 Å². The summed E-state index contributed by atoms with van der Waals surface area (Å²) >= 11 is 5.31. The number of carbonyl (C=O) groups is 3. The monoisotopic (exact) mass is 235 g/mol. The van der Waals surface area contributed by atoms with Crippen LogP contribution in [0.25, 0.3) is 0 Å². The molecule has 6 nitrogen and oxygen atoms in total. The Balaban J connectivity index is 4.36. The molecule has 0 aliphatic rings. The molecule has 0 aliphatic carbocycles. The average Bonchev–Trinajstić information content (AvgIpc) is 2.09. The molecular formula is C8H10ClNO5. The third-order valence-corrected chi connectivity index (χ3v) is 1.31. The summed E-state index contributed by atoms with van der Waals surface area (Å²) in [6, 6.07) is -1.72. The van der Waals surface area contributed by atoms with Gasteiger partial charge in [-0.25, -0.2) is 9.59 Å². The highest BCUT2D eigenvalue weighted by Gasteiger charge is 2.28. The van der Waals surface area contributed by atoms with Crippen molar-refractivity contribution in [2.45, 2.75) is 13.0 Å². The maximum Gasteiger partial charge on any atom is 0.340 e. The van der Waals surface area contributed by atoms with Crippen molar-refractivity contribution in [3.8, 4) is 0 Å². The number of hydrogen-bond acceptors (Lipinski definition) is 4. The smallest absolute Gasteiger partial charge is 0.340 e. The number of amides is 1. The molecule has 84 valence electrons. The van der Waals surface area contributed by atoms with Gasteiger partial charge in [-0.15, -0.1) is 0 Å². The minimum atomic E-state index is -1.72. The molecule has 1 amide bonds. The van der Waals surface area contributed by atoms with Crippen LogP contribution in [0.4, 0.5) is 0 Å². The lowest BCUT2D eigenvalue weighted by Crippen LogP contribution is -2.46. The van der Waals surface area contributed by atoms with E-state index in [1.807, 2.05) is 5.32 Å². The van der Waals surface area contributed by atoms with Crippen molar-refractivity contribution in [3.05, 3.63) is 11.6 Å². The Labute approximate surface area is 90.8 Å². The van der Waals surface area contributed by atoms with Crippen LogP contribution in [0.1, 0.15) is 6.92 Å². The second kappa shape index (κ2) is 6.02. The van der Waals surface area contributed by atoms with E-state index in [4.69, 9.17) is 16.7 Å². The van der Waals surface area contributed by atoms with E-state index in [2.05, 4.69) is 11.3 Å². The molecule has 0 aromatic heterocycles. The summed E-state index contributed by atoms with van der Waals surface area (Å²) in [5.74, 6) is -3.25. The third-order valence-electron chi connectivity index (χ3n) is 1.20. The maximum atomic E-state index is 11.1. The fraction of sp³-hybridized carbons (Fsp3) is 0.375. The predicted molar refractivity (Wildman–Crippen MR) is 51.2 cm³/mol. The van der Waals surface area contributed by atoms with Crippen molar-refractivity contribution < 1.29 is 24.2 Å². The molecule has 0 bridgehead atoms. The van der Waals surface area contributed by atoms with E-state index in [-0.39, 0.29) is 11.6 Å². The van der Waals surface area contributed by atoms with Crippen LogP contribution < -0.4 is 5.32 Å². The van der Waals surface area contributed by atoms with Crippen LogP contribution in [0.3, 0.4) is 0 Å². The molecule has 7 heteroatoms. The lowest BCUT2D eigenvalue weighted by atomic mass is 10.3. The van der Waals surface area contributed by atoms with E-state index >= 15 is 0 Å². The topological polar surface area (TPSA) is 92.7 Å². The molecular weight excluding hydrogens is 226 g/mol. The summed E-state index contributed by atoms with van der Waals surface area (Å²) < 4.78 is 4.46. The summed E-state index contributed by atoms with van der Waals surface area (Å²) in [4.78, 5) is 32.2. The Hall–Kier alpha value is -1.56. The zero-order valence-electron chi connectivity index (χ0n) is 7.95. The summed E-state index contributed by atoms with van der Waals surface area (Å²) in [5.41, 5.74) is 0. The number of carbonyl (C=O) groups excluding carboxylic acids is 2. The van der Waals surface area contributed by atoms with Gasteiger partial charge in [0, 0.05) is 12.0 Å². The first-order chi connectivity index (χ1) is 6.84. The number of carboxylic acid groups (broad SMARTS) is 1. The van der Waals surface area contributed by atoms with Crippen molar-refractivity contribution in [2.24, 2.45) is 0 Å². The highest BCUT2D eigenvalue weighted by Crippen LogP contribution is 1.99. The van der Waals surface area contributed by atoms with Gasteiger partial charge >= 0.3 is 11.9 Å². The van der Waals surface area contributed by atoms with Gasteiger partial charge in [0.2, 0.25) is 11.9 Å². The predicted octanol–water partition coefficient (Wildman–Crippen LogP) is -0.129. The van der Waals surface area contributed by atoms with Crippen LogP contribution in [0, 0.1) is 0 Å². The molecule has 0 fully saturated rings. The average molecular weight is 236 g/mol. The standard InChI is InChI=1S/C8H10ClNO5/c1-4(9)3-15-8(14)6(7(12)13)10-5(2)11/h6H,1,3H2,2H3,(H,10,11)(H,12,13). The van der Waals surface area contributed by atoms with Crippen LogP contribution in [-0.4, -0.2) is 35.6 Å². The van der Waals surface area contributed by atoms with Crippen LogP contribution in [0.5, 0.6) is 0 Å². The molecule has 0 radical (unpaired) electrons. The third kappa shape index (κ3) is 5.69. The van der Waals surface area contributed by atoms with E-state index < -0.39 is 23.9 Å². The minimum absolute atomic E-state index is 0.0512. The van der Waals surface area contributed by atoms with Gasteiger partial charge in [-0.3, -0.25) is 4.79 Å².